The second-order valence-electron chi connectivity index (χ2n) is 6.01. The van der Waals surface area contributed by atoms with Gasteiger partial charge < -0.3 is 14.8 Å². The maximum absolute atomic E-state index is 12.4. The van der Waals surface area contributed by atoms with Gasteiger partial charge in [-0.15, -0.1) is 0 Å². The van der Waals surface area contributed by atoms with E-state index in [1.165, 1.54) is 0 Å². The second-order valence-corrected chi connectivity index (χ2v) is 6.01. The normalized spacial score (nSPS) is 13.3. The molecule has 0 bridgehead atoms. The van der Waals surface area contributed by atoms with Gasteiger partial charge in [0.05, 0.1) is 32.2 Å². The van der Waals surface area contributed by atoms with Crippen molar-refractivity contribution in [2.24, 2.45) is 0 Å². The van der Waals surface area contributed by atoms with Gasteiger partial charge in [-0.1, -0.05) is 6.07 Å². The van der Waals surface area contributed by atoms with Crippen molar-refractivity contribution in [2.45, 2.75) is 19.6 Å². The lowest BCUT2D eigenvalue weighted by molar-refractivity contribution is 0.0922. The van der Waals surface area contributed by atoms with Crippen molar-refractivity contribution >= 4 is 5.91 Å². The van der Waals surface area contributed by atoms with E-state index in [9.17, 15) is 4.79 Å². The van der Waals surface area contributed by atoms with Crippen LogP contribution in [0.1, 0.15) is 27.3 Å². The molecule has 0 radical (unpaired) electrons. The van der Waals surface area contributed by atoms with E-state index in [2.05, 4.69) is 20.6 Å². The molecule has 0 aliphatic carbocycles. The summed E-state index contributed by atoms with van der Waals surface area (Å²) in [5.41, 5.74) is 4.01. The Kier molecular flexibility index (Phi) is 4.40. The summed E-state index contributed by atoms with van der Waals surface area (Å²) in [7, 11) is 1.63. The average molecular weight is 353 g/mol. The molecule has 0 spiro atoms. The van der Waals surface area contributed by atoms with E-state index < -0.39 is 0 Å². The molecular weight excluding hydrogens is 334 g/mol. The number of ether oxygens (including phenoxy) is 2. The predicted octanol–water partition coefficient (Wildman–Crippen LogP) is 1.61. The van der Waals surface area contributed by atoms with Crippen molar-refractivity contribution < 1.29 is 14.3 Å². The maximum Gasteiger partial charge on any atom is 0.272 e. The summed E-state index contributed by atoms with van der Waals surface area (Å²) >= 11 is 0. The molecule has 0 saturated carbocycles. The smallest absolute Gasteiger partial charge is 0.272 e. The van der Waals surface area contributed by atoms with Gasteiger partial charge in [-0.05, 0) is 12.1 Å². The summed E-state index contributed by atoms with van der Waals surface area (Å²) in [4.78, 5) is 12.4. The molecule has 2 aromatic heterocycles. The molecule has 4 rings (SSSR count). The fraction of sp³-hybridized carbons (Fsp3) is 0.278. The van der Waals surface area contributed by atoms with Gasteiger partial charge in [-0.25, -0.2) is 4.68 Å². The van der Waals surface area contributed by atoms with Gasteiger partial charge in [0.1, 0.15) is 5.75 Å². The van der Waals surface area contributed by atoms with Gasteiger partial charge in [-0.2, -0.15) is 10.2 Å². The Hall–Kier alpha value is -3.13. The second kappa shape index (κ2) is 7.01. The number of benzene rings is 1. The van der Waals surface area contributed by atoms with Crippen molar-refractivity contribution in [3.63, 3.8) is 0 Å². The lowest BCUT2D eigenvalue weighted by Gasteiger charge is -2.12. The van der Waals surface area contributed by atoms with Crippen LogP contribution in [0.15, 0.2) is 36.7 Å². The first kappa shape index (κ1) is 16.3. The molecule has 0 atom stereocenters. The first-order valence-corrected chi connectivity index (χ1v) is 8.34. The highest BCUT2D eigenvalue weighted by Gasteiger charge is 2.22. The van der Waals surface area contributed by atoms with Crippen LogP contribution in [0.25, 0.3) is 5.69 Å². The average Bonchev–Trinajstić information content (AvgIpc) is 3.33. The van der Waals surface area contributed by atoms with E-state index in [0.29, 0.717) is 25.5 Å². The molecule has 1 aliphatic rings. The number of hydrogen-bond acceptors (Lipinski definition) is 5. The number of amides is 1. The Morgan fingerprint density at radius 2 is 2.38 bits per heavy atom. The molecule has 134 valence electrons. The van der Waals surface area contributed by atoms with Gasteiger partial charge in [0.25, 0.3) is 5.91 Å². The minimum Gasteiger partial charge on any atom is -0.497 e. The van der Waals surface area contributed by atoms with Gasteiger partial charge in [-0.3, -0.25) is 9.89 Å². The molecule has 3 heterocycles. The van der Waals surface area contributed by atoms with Crippen molar-refractivity contribution in [3.8, 4) is 11.4 Å². The number of aromatic amines is 1. The van der Waals surface area contributed by atoms with E-state index in [4.69, 9.17) is 9.47 Å². The Balaban J connectivity index is 1.43. The largest absolute Gasteiger partial charge is 0.497 e. The monoisotopic (exact) mass is 353 g/mol. The van der Waals surface area contributed by atoms with Crippen LogP contribution >= 0.6 is 0 Å². The molecule has 0 fully saturated rings. The van der Waals surface area contributed by atoms with Gasteiger partial charge in [0, 0.05) is 42.0 Å². The molecule has 0 unspecified atom stereocenters. The van der Waals surface area contributed by atoms with Crippen molar-refractivity contribution in [2.75, 3.05) is 13.7 Å². The topological polar surface area (TPSA) is 94.1 Å². The number of aromatic nitrogens is 4. The van der Waals surface area contributed by atoms with Crippen molar-refractivity contribution in [3.05, 3.63) is 59.2 Å². The number of methoxy groups -OCH3 is 1. The van der Waals surface area contributed by atoms with E-state index >= 15 is 0 Å². The first-order valence-electron chi connectivity index (χ1n) is 8.34. The maximum atomic E-state index is 12.4. The fourth-order valence-corrected chi connectivity index (χ4v) is 2.91. The van der Waals surface area contributed by atoms with E-state index in [1.807, 2.05) is 30.5 Å². The van der Waals surface area contributed by atoms with E-state index in [1.54, 1.807) is 18.0 Å². The zero-order valence-corrected chi connectivity index (χ0v) is 14.4. The zero-order valence-electron chi connectivity index (χ0n) is 14.4. The van der Waals surface area contributed by atoms with Crippen LogP contribution in [-0.2, 0) is 24.3 Å². The molecule has 1 aromatic carbocycles. The van der Waals surface area contributed by atoms with Crippen LogP contribution in [0.4, 0.5) is 0 Å². The Labute approximate surface area is 150 Å². The molecule has 8 nitrogen and oxygen atoms in total. The minimum atomic E-state index is -0.220. The highest BCUT2D eigenvalue weighted by Crippen LogP contribution is 2.18. The Morgan fingerprint density at radius 3 is 3.27 bits per heavy atom. The van der Waals surface area contributed by atoms with Crippen molar-refractivity contribution in [1.29, 1.82) is 0 Å². The third-order valence-electron chi connectivity index (χ3n) is 4.32. The van der Waals surface area contributed by atoms with Crippen LogP contribution in [0.5, 0.6) is 5.75 Å². The third kappa shape index (κ3) is 3.18. The highest BCUT2D eigenvalue weighted by atomic mass is 16.5. The number of carbonyl (C=O) groups is 1. The SMILES string of the molecule is COc1cccc(-n2cc(CNC(=O)c3n[nH]c4c3COCC4)cn2)c1. The third-order valence-corrected chi connectivity index (χ3v) is 4.32. The number of carbonyl (C=O) groups excluding carboxylic acids is 1. The number of H-pyrrole nitrogens is 1. The van der Waals surface area contributed by atoms with Gasteiger partial charge >= 0.3 is 0 Å². The summed E-state index contributed by atoms with van der Waals surface area (Å²) in [6, 6.07) is 7.61. The van der Waals surface area contributed by atoms with Crippen LogP contribution in [0.3, 0.4) is 0 Å². The molecular formula is C18H19N5O3. The molecule has 8 heteroatoms. The number of nitrogens with zero attached hydrogens (tertiary/aromatic N) is 3. The van der Waals surface area contributed by atoms with Crippen molar-refractivity contribution in [1.82, 2.24) is 25.3 Å². The van der Waals surface area contributed by atoms with Crippen LogP contribution in [0, 0.1) is 0 Å². The highest BCUT2D eigenvalue weighted by molar-refractivity contribution is 5.93. The quantitative estimate of drug-likeness (QED) is 0.727. The van der Waals surface area contributed by atoms with Gasteiger partial charge in [0.15, 0.2) is 5.69 Å². The van der Waals surface area contributed by atoms with Crippen LogP contribution in [-0.4, -0.2) is 39.6 Å². The zero-order chi connectivity index (χ0) is 17.9. The minimum absolute atomic E-state index is 0.220. The molecule has 0 saturated heterocycles. The van der Waals surface area contributed by atoms with Crippen LogP contribution < -0.4 is 10.1 Å². The number of fused-ring (bicyclic) bond motifs is 1. The molecule has 26 heavy (non-hydrogen) atoms. The lowest BCUT2D eigenvalue weighted by atomic mass is 10.1. The molecule has 3 aromatic rings. The first-order chi connectivity index (χ1) is 12.7. The van der Waals surface area contributed by atoms with Gasteiger partial charge in [0.2, 0.25) is 0 Å². The number of hydrogen-bond donors (Lipinski definition) is 2. The fourth-order valence-electron chi connectivity index (χ4n) is 2.91. The van der Waals surface area contributed by atoms with E-state index in [-0.39, 0.29) is 5.91 Å². The summed E-state index contributed by atoms with van der Waals surface area (Å²) in [6.45, 7) is 1.44. The summed E-state index contributed by atoms with van der Waals surface area (Å²) < 4.78 is 12.4. The standard InChI is InChI=1S/C18H19N5O3/c1-25-14-4-2-3-13(7-14)23-10-12(9-20-23)8-19-18(24)17-15-11-26-6-5-16(15)21-22-17/h2-4,7,9-10H,5-6,8,11H2,1H3,(H,19,24)(H,21,22). The summed E-state index contributed by atoms with van der Waals surface area (Å²) in [6.07, 6.45) is 4.35. The molecule has 1 amide bonds. The number of nitrogens with one attached hydrogen (secondary N) is 2. The Bertz CT molecular complexity index is 931. The number of rotatable bonds is 5. The predicted molar refractivity (Wildman–Crippen MR) is 93.2 cm³/mol. The van der Waals surface area contributed by atoms with Crippen LogP contribution in [0.2, 0.25) is 0 Å². The lowest BCUT2D eigenvalue weighted by Crippen LogP contribution is -2.25. The summed E-state index contributed by atoms with van der Waals surface area (Å²) in [5.74, 6) is 0.542. The van der Waals surface area contributed by atoms with E-state index in [0.717, 1.165) is 34.7 Å². The Morgan fingerprint density at radius 1 is 1.46 bits per heavy atom. The summed E-state index contributed by atoms with van der Waals surface area (Å²) in [5, 5.41) is 14.3. The molecule has 1 aliphatic heterocycles. The molecule has 2 N–H and O–H groups in total.